The minimum Gasteiger partial charge on any atom is -0.0776 e. The molecule has 0 saturated heterocycles. The number of hydrogen-bond donors (Lipinski definition) is 0. The predicted molar refractivity (Wildman–Crippen MR) is 216 cm³/mol. The van der Waals surface area contributed by atoms with Crippen LogP contribution < -0.4 is 0 Å². The Labute approximate surface area is 267 Å². The third-order valence-corrected chi connectivity index (χ3v) is 0. The Balaban J connectivity index is -0.00000000896. The summed E-state index contributed by atoms with van der Waals surface area (Å²) in [5.74, 6) is 0. The van der Waals surface area contributed by atoms with E-state index >= 15 is 0 Å². The first kappa shape index (κ1) is 116. The molecule has 0 aromatic rings. The summed E-state index contributed by atoms with van der Waals surface area (Å²) in [7, 11) is 0. The molecule has 0 aliphatic rings. The van der Waals surface area contributed by atoms with Gasteiger partial charge < -0.3 is 0 Å². The van der Waals surface area contributed by atoms with Crippen molar-refractivity contribution in [1.29, 1.82) is 0 Å². The molecule has 0 aliphatic heterocycles. The molecular weight excluding hydrogens is 468 g/mol. The first-order chi connectivity index (χ1) is 15.6. The van der Waals surface area contributed by atoms with Crippen LogP contribution in [0.5, 0.6) is 0 Å². The monoisotopic (exact) mass is 581 g/mol. The molecule has 39 heavy (non-hydrogen) atoms. The maximum absolute atomic E-state index is 2.12. The Hall–Kier alpha value is 0. The summed E-state index contributed by atoms with van der Waals surface area (Å²) in [5, 5.41) is 0. The van der Waals surface area contributed by atoms with Gasteiger partial charge in [-0.25, -0.2) is 0 Å². The zero-order valence-electron chi connectivity index (χ0n) is 29.8. The molecule has 0 saturated carbocycles. The lowest BCUT2D eigenvalue weighted by Gasteiger charge is -1.48. The summed E-state index contributed by atoms with van der Waals surface area (Å²) >= 11 is 0. The van der Waals surface area contributed by atoms with Crippen molar-refractivity contribution < 1.29 is 0 Å². The lowest BCUT2D eigenvalue weighted by molar-refractivity contribution is 1.09. The highest BCUT2D eigenvalue weighted by Crippen LogP contribution is 1.59. The minimum atomic E-state index is 0. The molecule has 0 spiro atoms. The molecule has 0 fully saturated rings. The van der Waals surface area contributed by atoms with Crippen LogP contribution in [0.2, 0.25) is 0 Å². The molecule has 0 unspecified atom stereocenters. The number of hydrogen-bond acceptors (Lipinski definition) is 0. The Morgan fingerprint density at radius 2 is 0.128 bits per heavy atom. The van der Waals surface area contributed by atoms with Crippen LogP contribution in [0.1, 0.15) is 268 Å². The SMILES string of the molecule is C.C.C.C.C.C.CCC.CCC.CCC.CCC.CCC.CCC.CCC.CCC.CCC.CCC.CCC. The van der Waals surface area contributed by atoms with Gasteiger partial charge in [-0.3, -0.25) is 0 Å². The first-order valence-electron chi connectivity index (χ1n) is 15.6. The summed E-state index contributed by atoms with van der Waals surface area (Å²) in [6.07, 6.45) is 13.8. The van der Waals surface area contributed by atoms with Gasteiger partial charge in [-0.15, -0.1) is 0 Å². The van der Waals surface area contributed by atoms with Crippen LogP contribution in [0.3, 0.4) is 0 Å². The molecule has 0 radical (unpaired) electrons. The molecule has 0 aromatic carbocycles. The smallest absolute Gasteiger partial charge is 0.0590 e. The van der Waals surface area contributed by atoms with Crippen molar-refractivity contribution in [2.75, 3.05) is 0 Å². The van der Waals surface area contributed by atoms with Crippen LogP contribution in [-0.4, -0.2) is 0 Å². The van der Waals surface area contributed by atoms with Gasteiger partial charge >= 0.3 is 0 Å². The predicted octanol–water partition coefficient (Wildman–Crippen LogP) is 19.4. The fourth-order valence-electron chi connectivity index (χ4n) is 0. The Morgan fingerprint density at radius 1 is 0.128 bits per heavy atom. The van der Waals surface area contributed by atoms with Crippen LogP contribution in [0.4, 0.5) is 0 Å². The second-order valence-electron chi connectivity index (χ2n) is 7.78. The van der Waals surface area contributed by atoms with Crippen molar-refractivity contribution >= 4 is 0 Å². The van der Waals surface area contributed by atoms with Crippen molar-refractivity contribution in [1.82, 2.24) is 0 Å². The molecule has 0 heterocycles. The van der Waals surface area contributed by atoms with Crippen molar-refractivity contribution in [2.45, 2.75) is 268 Å². The van der Waals surface area contributed by atoms with Crippen LogP contribution in [-0.2, 0) is 0 Å². The van der Waals surface area contributed by atoms with E-state index in [2.05, 4.69) is 152 Å². The second kappa shape index (κ2) is 430. The third kappa shape index (κ3) is 0. The van der Waals surface area contributed by atoms with Crippen LogP contribution in [0, 0.1) is 0 Å². The fraction of sp³-hybridized carbons (Fsp3) is 1.00. The largest absolute Gasteiger partial charge is 0.0776 e. The highest BCUT2D eigenvalue weighted by molar-refractivity contribution is 3.95. The van der Waals surface area contributed by atoms with E-state index in [-0.39, 0.29) is 44.6 Å². The highest BCUT2D eigenvalue weighted by atomic mass is 13.5. The normalized spacial score (nSPS) is 5.08. The van der Waals surface area contributed by atoms with E-state index in [1.165, 1.54) is 70.6 Å². The van der Waals surface area contributed by atoms with Crippen LogP contribution in [0.15, 0.2) is 0 Å². The number of rotatable bonds is 0. The van der Waals surface area contributed by atoms with Gasteiger partial charge in [-0.2, -0.15) is 0 Å². The molecule has 0 aliphatic carbocycles. The van der Waals surface area contributed by atoms with E-state index in [0.717, 1.165) is 0 Å². The van der Waals surface area contributed by atoms with Gasteiger partial charge in [0.15, 0.2) is 0 Å². The molecule has 0 N–H and O–H groups in total. The summed E-state index contributed by atoms with van der Waals surface area (Å²) in [4.78, 5) is 0. The molecule has 0 bridgehead atoms. The maximum Gasteiger partial charge on any atom is -0.0590 e. The van der Waals surface area contributed by atoms with Gasteiger partial charge in [0, 0.05) is 0 Å². The average Bonchev–Trinajstić information content (AvgIpc) is 2.68. The van der Waals surface area contributed by atoms with Crippen molar-refractivity contribution in [3.8, 4) is 0 Å². The molecule has 0 amide bonds. The summed E-state index contributed by atoms with van der Waals surface area (Å²) in [6.45, 7) is 46.8. The van der Waals surface area contributed by atoms with Gasteiger partial charge in [0.2, 0.25) is 0 Å². The fourth-order valence-corrected chi connectivity index (χ4v) is 0. The van der Waals surface area contributed by atoms with Crippen LogP contribution >= 0.6 is 0 Å². The van der Waals surface area contributed by atoms with Gasteiger partial charge in [-0.1, -0.05) is 268 Å². The molecule has 0 atom stereocenters. The average molecular weight is 581 g/mol. The molecule has 0 nitrogen and oxygen atoms in total. The molecule has 268 valence electrons. The van der Waals surface area contributed by atoms with E-state index in [9.17, 15) is 0 Å². The summed E-state index contributed by atoms with van der Waals surface area (Å²) < 4.78 is 0. The standard InChI is InChI=1S/11C3H8.6CH4/c11*1-3-2;;;;;;/h11*3H2,1-2H3;6*1H4. The lowest BCUT2D eigenvalue weighted by atomic mass is 10.6. The highest BCUT2D eigenvalue weighted by Gasteiger charge is 1.38. The Morgan fingerprint density at radius 3 is 0.128 bits per heavy atom. The van der Waals surface area contributed by atoms with Crippen molar-refractivity contribution in [2.24, 2.45) is 0 Å². The molecular formula is C39H112. The van der Waals surface area contributed by atoms with Gasteiger partial charge in [0.05, 0.1) is 0 Å². The van der Waals surface area contributed by atoms with Gasteiger partial charge in [0.25, 0.3) is 0 Å². The van der Waals surface area contributed by atoms with Crippen molar-refractivity contribution in [3.05, 3.63) is 0 Å². The Bertz CT molecular complexity index is 38.1. The van der Waals surface area contributed by atoms with Crippen LogP contribution in [0.25, 0.3) is 0 Å². The zero-order valence-corrected chi connectivity index (χ0v) is 29.8. The molecule has 0 aromatic heterocycles. The van der Waals surface area contributed by atoms with E-state index in [1.807, 2.05) is 0 Å². The molecule has 0 heteroatoms. The van der Waals surface area contributed by atoms with Crippen molar-refractivity contribution in [3.63, 3.8) is 0 Å². The Kier molecular flexibility index (Phi) is 1280. The topological polar surface area (TPSA) is 0 Å². The second-order valence-corrected chi connectivity index (χ2v) is 7.78. The maximum atomic E-state index is 2.12. The lowest BCUT2D eigenvalue weighted by Crippen LogP contribution is -1.27. The van der Waals surface area contributed by atoms with E-state index in [4.69, 9.17) is 0 Å². The van der Waals surface area contributed by atoms with E-state index < -0.39 is 0 Å². The van der Waals surface area contributed by atoms with Gasteiger partial charge in [-0.05, 0) is 0 Å². The first-order valence-corrected chi connectivity index (χ1v) is 15.6. The summed E-state index contributed by atoms with van der Waals surface area (Å²) in [6, 6.07) is 0. The minimum absolute atomic E-state index is 0. The zero-order chi connectivity index (χ0) is 29.8. The van der Waals surface area contributed by atoms with Gasteiger partial charge in [0.1, 0.15) is 0 Å². The van der Waals surface area contributed by atoms with E-state index in [0.29, 0.717) is 0 Å². The van der Waals surface area contributed by atoms with E-state index in [1.54, 1.807) is 0 Å². The third-order valence-electron chi connectivity index (χ3n) is 0. The molecule has 0 rings (SSSR count). The summed E-state index contributed by atoms with van der Waals surface area (Å²) in [5.41, 5.74) is 0. The quantitative estimate of drug-likeness (QED) is 0.267.